The summed E-state index contributed by atoms with van der Waals surface area (Å²) in [4.78, 5) is 30.3. The minimum absolute atomic E-state index is 0.106. The third-order valence-corrected chi connectivity index (χ3v) is 2.13. The number of carbonyl (C=O) groups is 3. The van der Waals surface area contributed by atoms with E-state index in [-0.39, 0.29) is 17.4 Å². The van der Waals surface area contributed by atoms with E-state index in [4.69, 9.17) is 15.9 Å². The summed E-state index contributed by atoms with van der Waals surface area (Å²) in [7, 11) is 0. The number of nitrogens with one attached hydrogen (secondary N) is 1. The summed E-state index contributed by atoms with van der Waals surface area (Å²) in [5.41, 5.74) is 4.94. The predicted octanol–water partition coefficient (Wildman–Crippen LogP) is -1.17. The zero-order valence-electron chi connectivity index (χ0n) is 9.16. The lowest BCUT2D eigenvalue weighted by molar-refractivity contribution is -0.140. The fourth-order valence-electron chi connectivity index (χ4n) is 0.509. The molecule has 9 heteroatoms. The van der Waals surface area contributed by atoms with Crippen molar-refractivity contribution < 1.29 is 24.6 Å². The van der Waals surface area contributed by atoms with Crippen LogP contribution in [0.4, 0.5) is 0 Å². The number of rotatable bonds is 5. The van der Waals surface area contributed by atoms with Gasteiger partial charge in [0.25, 0.3) is 0 Å². The molecule has 0 fully saturated rings. The summed E-state index contributed by atoms with van der Waals surface area (Å²) in [5.74, 6) is -2.13. The average molecular weight is 284 g/mol. The standard InChI is InChI=1S/C5H9NO3S.C3H7NO2S/c1-3(7)6-4(2-10)5(8)9;4-2(1-7)3(5)6/h4,10H,2H2,1H3,(H,6,7)(H,8,9);2,7H,1,4H2,(H,5,6). The fraction of sp³-hybridized carbons (Fsp3) is 0.625. The highest BCUT2D eigenvalue weighted by Crippen LogP contribution is 1.87. The maximum Gasteiger partial charge on any atom is 0.327 e. The molecule has 0 aliphatic heterocycles. The van der Waals surface area contributed by atoms with E-state index in [0.29, 0.717) is 0 Å². The van der Waals surface area contributed by atoms with Gasteiger partial charge in [-0.1, -0.05) is 0 Å². The van der Waals surface area contributed by atoms with Crippen LogP contribution < -0.4 is 11.1 Å². The number of carboxylic acid groups (broad SMARTS) is 2. The van der Waals surface area contributed by atoms with Gasteiger partial charge in [-0.25, -0.2) is 4.79 Å². The van der Waals surface area contributed by atoms with Gasteiger partial charge in [0.2, 0.25) is 5.91 Å². The molecule has 2 atom stereocenters. The van der Waals surface area contributed by atoms with E-state index in [1.807, 2.05) is 0 Å². The number of amides is 1. The van der Waals surface area contributed by atoms with E-state index in [0.717, 1.165) is 0 Å². The molecule has 0 aliphatic carbocycles. The van der Waals surface area contributed by atoms with Gasteiger partial charge in [-0.05, 0) is 0 Å². The molecule has 0 aromatic heterocycles. The van der Waals surface area contributed by atoms with Crippen molar-refractivity contribution in [3.63, 3.8) is 0 Å². The van der Waals surface area contributed by atoms with Crippen LogP contribution in [0.15, 0.2) is 0 Å². The Morgan fingerprint density at radius 2 is 1.65 bits per heavy atom. The highest BCUT2D eigenvalue weighted by Gasteiger charge is 2.15. The van der Waals surface area contributed by atoms with E-state index in [2.05, 4.69) is 30.6 Å². The first kappa shape index (κ1) is 18.4. The molecule has 5 N–H and O–H groups in total. The monoisotopic (exact) mass is 284 g/mol. The summed E-state index contributed by atoms with van der Waals surface area (Å²) in [6.07, 6.45) is 0. The van der Waals surface area contributed by atoms with Crippen molar-refractivity contribution >= 4 is 43.1 Å². The number of carbonyl (C=O) groups excluding carboxylic acids is 1. The minimum atomic E-state index is -1.06. The smallest absolute Gasteiger partial charge is 0.327 e. The molecule has 0 bridgehead atoms. The largest absolute Gasteiger partial charge is 0.480 e. The first-order valence-corrected chi connectivity index (χ1v) is 5.72. The zero-order valence-corrected chi connectivity index (χ0v) is 10.9. The molecule has 0 spiro atoms. The van der Waals surface area contributed by atoms with Crippen LogP contribution in [-0.2, 0) is 14.4 Å². The first-order valence-electron chi connectivity index (χ1n) is 4.46. The van der Waals surface area contributed by atoms with E-state index >= 15 is 0 Å². The average Bonchev–Trinajstić information content (AvgIpc) is 2.24. The van der Waals surface area contributed by atoms with E-state index in [9.17, 15) is 14.4 Å². The number of hydrogen-bond acceptors (Lipinski definition) is 6. The number of carboxylic acids is 2. The van der Waals surface area contributed by atoms with Crippen molar-refractivity contribution in [2.24, 2.45) is 5.73 Å². The summed E-state index contributed by atoms with van der Waals surface area (Å²) < 4.78 is 0. The molecule has 0 aliphatic rings. The third-order valence-electron chi connectivity index (χ3n) is 1.37. The summed E-state index contributed by atoms with van der Waals surface area (Å²) in [5, 5.41) is 18.6. The van der Waals surface area contributed by atoms with Crippen LogP contribution in [0.5, 0.6) is 0 Å². The predicted molar refractivity (Wildman–Crippen MR) is 68.6 cm³/mol. The molecule has 0 aromatic rings. The normalized spacial score (nSPS) is 12.7. The van der Waals surface area contributed by atoms with Crippen molar-refractivity contribution in [1.82, 2.24) is 5.32 Å². The van der Waals surface area contributed by atoms with Crippen LogP contribution >= 0.6 is 25.3 Å². The summed E-state index contributed by atoms with van der Waals surface area (Å²) in [6.45, 7) is 1.26. The molecule has 0 radical (unpaired) electrons. The molecule has 0 saturated carbocycles. The Labute approximate surface area is 110 Å². The van der Waals surface area contributed by atoms with E-state index in [1.165, 1.54) is 6.92 Å². The Morgan fingerprint density at radius 1 is 1.18 bits per heavy atom. The molecule has 100 valence electrons. The van der Waals surface area contributed by atoms with Gasteiger partial charge in [0.1, 0.15) is 12.1 Å². The maximum absolute atomic E-state index is 10.3. The number of aliphatic carboxylic acids is 2. The van der Waals surface area contributed by atoms with Crippen molar-refractivity contribution in [3.8, 4) is 0 Å². The molecule has 17 heavy (non-hydrogen) atoms. The Morgan fingerprint density at radius 3 is 1.71 bits per heavy atom. The second-order valence-electron chi connectivity index (χ2n) is 2.90. The molecule has 7 nitrogen and oxygen atoms in total. The van der Waals surface area contributed by atoms with Gasteiger partial charge in [-0.15, -0.1) is 0 Å². The second-order valence-corrected chi connectivity index (χ2v) is 3.63. The van der Waals surface area contributed by atoms with Crippen molar-refractivity contribution in [3.05, 3.63) is 0 Å². The van der Waals surface area contributed by atoms with Crippen molar-refractivity contribution in [2.45, 2.75) is 19.0 Å². The molecule has 0 rings (SSSR count). The molecule has 0 heterocycles. The number of hydrogen-bond donors (Lipinski definition) is 6. The Hall–Kier alpha value is -0.930. The highest BCUT2D eigenvalue weighted by atomic mass is 32.1. The molecular formula is C8H16N2O5S2. The van der Waals surface area contributed by atoms with Gasteiger partial charge in [0.15, 0.2) is 0 Å². The Bertz CT molecular complexity index is 275. The van der Waals surface area contributed by atoms with Gasteiger partial charge in [0, 0.05) is 18.4 Å². The summed E-state index contributed by atoms with van der Waals surface area (Å²) in [6, 6.07) is -1.69. The van der Waals surface area contributed by atoms with E-state index in [1.54, 1.807) is 0 Å². The maximum atomic E-state index is 10.3. The van der Waals surface area contributed by atoms with Crippen LogP contribution in [0.25, 0.3) is 0 Å². The summed E-state index contributed by atoms with van der Waals surface area (Å²) >= 11 is 7.38. The molecule has 0 aromatic carbocycles. The lowest BCUT2D eigenvalue weighted by Gasteiger charge is -2.08. The van der Waals surface area contributed by atoms with Gasteiger partial charge < -0.3 is 21.3 Å². The SMILES string of the molecule is CC(=O)NC(CS)C(=O)O.NC(CS)C(=O)O. The molecule has 0 saturated heterocycles. The molecule has 1 amide bonds. The lowest BCUT2D eigenvalue weighted by atomic mass is 10.3. The Kier molecular flexibility index (Phi) is 11.1. The van der Waals surface area contributed by atoms with Crippen LogP contribution in [0.3, 0.4) is 0 Å². The van der Waals surface area contributed by atoms with Crippen molar-refractivity contribution in [1.29, 1.82) is 0 Å². The minimum Gasteiger partial charge on any atom is -0.480 e. The lowest BCUT2D eigenvalue weighted by Crippen LogP contribution is -2.40. The van der Waals surface area contributed by atoms with Gasteiger partial charge in [0.05, 0.1) is 0 Å². The Balaban J connectivity index is 0. The highest BCUT2D eigenvalue weighted by molar-refractivity contribution is 7.80. The third kappa shape index (κ3) is 11.3. The van der Waals surface area contributed by atoms with Crippen LogP contribution in [0, 0.1) is 0 Å². The van der Waals surface area contributed by atoms with Gasteiger partial charge >= 0.3 is 11.9 Å². The number of nitrogens with two attached hydrogens (primary N) is 1. The van der Waals surface area contributed by atoms with Crippen molar-refractivity contribution in [2.75, 3.05) is 11.5 Å². The van der Waals surface area contributed by atoms with Gasteiger partial charge in [-0.3, -0.25) is 9.59 Å². The second kappa shape index (κ2) is 10.2. The van der Waals surface area contributed by atoms with Gasteiger partial charge in [-0.2, -0.15) is 25.3 Å². The van der Waals surface area contributed by atoms with E-state index < -0.39 is 24.0 Å². The molecular weight excluding hydrogens is 268 g/mol. The number of thiol groups is 2. The first-order chi connectivity index (χ1) is 7.76. The fourth-order valence-corrected chi connectivity index (χ4v) is 0.913. The molecule has 2 unspecified atom stereocenters. The van der Waals surface area contributed by atoms with Crippen LogP contribution in [0.2, 0.25) is 0 Å². The van der Waals surface area contributed by atoms with Crippen LogP contribution in [0.1, 0.15) is 6.92 Å². The quantitative estimate of drug-likeness (QED) is 0.353. The zero-order chi connectivity index (χ0) is 14.0. The van der Waals surface area contributed by atoms with Crippen LogP contribution in [-0.4, -0.2) is 51.6 Å². The topological polar surface area (TPSA) is 130 Å².